The van der Waals surface area contributed by atoms with E-state index in [4.69, 9.17) is 0 Å². The molecule has 4 aliphatic rings. The molecule has 20 nitrogen and oxygen atoms in total. The number of likely N-dealkylation sites (N-methyl/N-ethyl adjacent to an activating group) is 7. The summed E-state index contributed by atoms with van der Waals surface area (Å²) in [5.74, 6) is -6.28. The summed E-state index contributed by atoms with van der Waals surface area (Å²) in [6.07, 6.45) is 5.20. The molecule has 0 unspecified atom stereocenters. The summed E-state index contributed by atoms with van der Waals surface area (Å²) in [7, 11) is 10.5. The van der Waals surface area contributed by atoms with Crippen molar-refractivity contribution < 1.29 is 47.9 Å². The predicted octanol–water partition coefficient (Wildman–Crippen LogP) is 2.83. The zero-order valence-corrected chi connectivity index (χ0v) is 48.6. The molecule has 2 saturated carbocycles. The van der Waals surface area contributed by atoms with Crippen molar-refractivity contribution in [2.45, 2.75) is 180 Å². The molecule has 5 rings (SSSR count). The minimum atomic E-state index is -1.42. The lowest BCUT2D eigenvalue weighted by atomic mass is 9.90. The molecule has 1 aromatic rings. The molecule has 10 amide bonds. The van der Waals surface area contributed by atoms with Crippen LogP contribution in [0.25, 0.3) is 0 Å². The molecule has 2 saturated heterocycles. The van der Waals surface area contributed by atoms with Gasteiger partial charge in [0.2, 0.25) is 59.1 Å². The molecular weight excluding hydrogens is 985 g/mol. The normalized spacial score (nSPS) is 27.2. The molecule has 2 heterocycles. The van der Waals surface area contributed by atoms with Gasteiger partial charge in [0.1, 0.15) is 47.8 Å². The van der Waals surface area contributed by atoms with Gasteiger partial charge in [-0.25, -0.2) is 0 Å². The fourth-order valence-electron chi connectivity index (χ4n) is 11.7. The van der Waals surface area contributed by atoms with Crippen molar-refractivity contribution >= 4 is 59.1 Å². The number of carbonyl (C=O) groups excluding carboxylic acids is 10. The Hall–Kier alpha value is -6.08. The van der Waals surface area contributed by atoms with E-state index in [1.54, 1.807) is 20.9 Å². The molecular formula is C57H90N10O10. The van der Waals surface area contributed by atoms with Crippen LogP contribution in [0.15, 0.2) is 24.3 Å². The third kappa shape index (κ3) is 14.0. The molecule has 20 heteroatoms. The number of rotatable bonds is 9. The van der Waals surface area contributed by atoms with Gasteiger partial charge in [0.05, 0.1) is 13.0 Å². The first-order valence-corrected chi connectivity index (χ1v) is 28.0. The van der Waals surface area contributed by atoms with Gasteiger partial charge >= 0.3 is 0 Å². The SMILES string of the molecule is CC[C@H](C)[C@@H]1NC(=O)[C@H](CC(C)C)N(C)C(=O)C[C@@H](C(=O)N(C)C)N(C)C(=O)[C@H](C2CCCC2)N(C)C(=O)C2(CCCC2)NC(=O)CN(C)C(=O)[C@H](Cc2ccc(C)cc2)N(CC)C(=O)[C@@H]2CCN2C(=O)[C@H](C)N(C)C1=O. The van der Waals surface area contributed by atoms with Gasteiger partial charge in [-0.15, -0.1) is 0 Å². The van der Waals surface area contributed by atoms with E-state index >= 15 is 9.59 Å². The lowest BCUT2D eigenvalue weighted by Gasteiger charge is -2.45. The highest BCUT2D eigenvalue weighted by atomic mass is 16.2. The zero-order chi connectivity index (χ0) is 57.4. The van der Waals surface area contributed by atoms with Crippen molar-refractivity contribution in [1.29, 1.82) is 0 Å². The molecule has 2 aliphatic carbocycles. The highest BCUT2D eigenvalue weighted by Gasteiger charge is 2.50. The summed E-state index contributed by atoms with van der Waals surface area (Å²) in [5, 5.41) is 5.95. The largest absolute Gasteiger partial charge is 0.347 e. The molecule has 0 bridgehead atoms. The van der Waals surface area contributed by atoms with Gasteiger partial charge in [-0.2, -0.15) is 0 Å². The van der Waals surface area contributed by atoms with E-state index in [2.05, 4.69) is 10.6 Å². The number of hydrogen-bond acceptors (Lipinski definition) is 10. The summed E-state index contributed by atoms with van der Waals surface area (Å²) < 4.78 is 0. The Morgan fingerprint density at radius 1 is 0.740 bits per heavy atom. The van der Waals surface area contributed by atoms with Crippen LogP contribution in [0.2, 0.25) is 0 Å². The van der Waals surface area contributed by atoms with Crippen LogP contribution in [-0.4, -0.2) is 215 Å². The topological polar surface area (TPSA) is 221 Å². The molecule has 8 atom stereocenters. The third-order valence-corrected chi connectivity index (χ3v) is 17.1. The third-order valence-electron chi connectivity index (χ3n) is 17.1. The lowest BCUT2D eigenvalue weighted by molar-refractivity contribution is -0.161. The van der Waals surface area contributed by atoms with Gasteiger partial charge in [-0.3, -0.25) is 47.9 Å². The van der Waals surface area contributed by atoms with Gasteiger partial charge < -0.3 is 49.8 Å². The van der Waals surface area contributed by atoms with E-state index in [1.165, 1.54) is 81.5 Å². The number of aryl methyl sites for hydroxylation is 1. The number of fused-ring (bicyclic) bond motifs is 1. The Bertz CT molecular complexity index is 2330. The van der Waals surface area contributed by atoms with Crippen LogP contribution in [0.3, 0.4) is 0 Å². The van der Waals surface area contributed by atoms with Crippen molar-refractivity contribution in [3.8, 4) is 0 Å². The van der Waals surface area contributed by atoms with Gasteiger partial charge in [0.25, 0.3) is 0 Å². The molecule has 4 fully saturated rings. The fraction of sp³-hybridized carbons (Fsp3) is 0.719. The summed E-state index contributed by atoms with van der Waals surface area (Å²) in [4.78, 5) is 158. The van der Waals surface area contributed by atoms with Crippen LogP contribution in [0, 0.1) is 24.7 Å². The maximum atomic E-state index is 15.2. The molecule has 2 N–H and O–H groups in total. The van der Waals surface area contributed by atoms with Crippen molar-refractivity contribution in [3.05, 3.63) is 35.4 Å². The van der Waals surface area contributed by atoms with E-state index in [-0.39, 0.29) is 50.6 Å². The van der Waals surface area contributed by atoms with E-state index in [1.807, 2.05) is 58.9 Å². The summed E-state index contributed by atoms with van der Waals surface area (Å²) in [6.45, 7) is 12.6. The Kier molecular flexibility index (Phi) is 21.3. The first-order chi connectivity index (χ1) is 36.2. The molecule has 0 aromatic heterocycles. The Labute approximate surface area is 457 Å². The van der Waals surface area contributed by atoms with E-state index < -0.39 is 126 Å². The summed E-state index contributed by atoms with van der Waals surface area (Å²) in [6, 6.07) is -0.198. The molecule has 77 heavy (non-hydrogen) atoms. The quantitative estimate of drug-likeness (QED) is 0.369. The van der Waals surface area contributed by atoms with E-state index in [0.717, 1.165) is 24.0 Å². The predicted molar refractivity (Wildman–Crippen MR) is 291 cm³/mol. The monoisotopic (exact) mass is 1070 g/mol. The Balaban J connectivity index is 1.62. The number of nitrogens with one attached hydrogen (secondary N) is 2. The van der Waals surface area contributed by atoms with Crippen LogP contribution in [0.5, 0.6) is 0 Å². The number of nitrogens with zero attached hydrogens (tertiary/aromatic N) is 8. The van der Waals surface area contributed by atoms with Crippen molar-refractivity contribution in [1.82, 2.24) is 49.8 Å². The number of carbonyl (C=O) groups is 10. The van der Waals surface area contributed by atoms with Crippen LogP contribution in [0.4, 0.5) is 0 Å². The minimum absolute atomic E-state index is 0.0898. The van der Waals surface area contributed by atoms with Gasteiger partial charge in [0, 0.05) is 68.8 Å². The number of benzene rings is 1. The van der Waals surface area contributed by atoms with Crippen molar-refractivity contribution in [2.75, 3.05) is 69.0 Å². The number of amides is 10. The fourth-order valence-corrected chi connectivity index (χ4v) is 11.7. The molecule has 1 aromatic carbocycles. The average molecular weight is 1080 g/mol. The van der Waals surface area contributed by atoms with E-state index in [0.29, 0.717) is 38.5 Å². The van der Waals surface area contributed by atoms with Crippen LogP contribution in [-0.2, 0) is 54.4 Å². The highest BCUT2D eigenvalue weighted by molar-refractivity contribution is 6.00. The molecule has 1 spiro atoms. The zero-order valence-electron chi connectivity index (χ0n) is 48.6. The smallest absolute Gasteiger partial charge is 0.248 e. The average Bonchev–Trinajstić information content (AvgIpc) is 4.11. The van der Waals surface area contributed by atoms with Crippen molar-refractivity contribution in [2.24, 2.45) is 17.8 Å². The standard InChI is InChI=1S/C57H90N10O10/c1-15-37(6)47-54(75)62(11)38(7)50(71)67-30-27-41(67)53(74)66(16-2)44(32-39-25-23-36(5)24-26-39)52(73)61(10)34-45(68)59-57(28-19-20-29-57)56(77)65(14)48(40-21-17-18-22-40)55(76)64(13)43(51(72)60(8)9)33-46(69)63(12)42(31-35(3)4)49(70)58-47/h23-26,35,37-38,40-44,47-48H,15-22,27-34H2,1-14H3,(H,58,70)(H,59,68)/t37-,38-,41-,42-,43-,44-,47-,48-/m0/s1. The van der Waals surface area contributed by atoms with Crippen LogP contribution < -0.4 is 10.6 Å². The maximum Gasteiger partial charge on any atom is 0.248 e. The summed E-state index contributed by atoms with van der Waals surface area (Å²) in [5.41, 5.74) is 0.343. The van der Waals surface area contributed by atoms with E-state index in [9.17, 15) is 38.4 Å². The first kappa shape index (κ1) is 61.8. The van der Waals surface area contributed by atoms with Crippen LogP contribution >= 0.6 is 0 Å². The molecule has 428 valence electrons. The van der Waals surface area contributed by atoms with Crippen molar-refractivity contribution in [3.63, 3.8) is 0 Å². The van der Waals surface area contributed by atoms with Crippen LogP contribution in [0.1, 0.15) is 130 Å². The second kappa shape index (κ2) is 26.5. The van der Waals surface area contributed by atoms with Gasteiger partial charge in [-0.05, 0) is 82.6 Å². The Morgan fingerprint density at radius 2 is 1.35 bits per heavy atom. The van der Waals surface area contributed by atoms with Gasteiger partial charge in [0.15, 0.2) is 0 Å². The lowest BCUT2D eigenvalue weighted by Crippen LogP contribution is -2.66. The second-order valence-electron chi connectivity index (χ2n) is 23.2. The Morgan fingerprint density at radius 3 is 1.88 bits per heavy atom. The summed E-state index contributed by atoms with van der Waals surface area (Å²) >= 11 is 0. The highest BCUT2D eigenvalue weighted by Crippen LogP contribution is 2.36. The number of hydrogen-bond donors (Lipinski definition) is 2. The second-order valence-corrected chi connectivity index (χ2v) is 23.2. The molecule has 0 radical (unpaired) electrons. The van der Waals surface area contributed by atoms with Gasteiger partial charge in [-0.1, -0.05) is 89.6 Å². The molecule has 2 aliphatic heterocycles. The minimum Gasteiger partial charge on any atom is -0.347 e. The maximum absolute atomic E-state index is 15.2. The first-order valence-electron chi connectivity index (χ1n) is 28.0.